The van der Waals surface area contributed by atoms with Crippen molar-refractivity contribution < 1.29 is 14.3 Å². The molecule has 0 radical (unpaired) electrons. The maximum absolute atomic E-state index is 12.1. The number of ether oxygens (including phenoxy) is 2. The van der Waals surface area contributed by atoms with Crippen LogP contribution in [0.4, 0.5) is 0 Å². The molecule has 0 saturated heterocycles. The van der Waals surface area contributed by atoms with E-state index in [-0.39, 0.29) is 5.97 Å². The van der Waals surface area contributed by atoms with Gasteiger partial charge in [0.2, 0.25) is 5.01 Å². The zero-order valence-electron chi connectivity index (χ0n) is 17.8. The van der Waals surface area contributed by atoms with Gasteiger partial charge in [0.25, 0.3) is 0 Å². The normalized spacial score (nSPS) is 10.8. The minimum atomic E-state index is -0.385. The van der Waals surface area contributed by atoms with Crippen LogP contribution in [0.15, 0.2) is 24.3 Å². The van der Waals surface area contributed by atoms with Gasteiger partial charge in [-0.2, -0.15) is 0 Å². The van der Waals surface area contributed by atoms with Gasteiger partial charge in [-0.15, -0.1) is 10.2 Å². The van der Waals surface area contributed by atoms with Gasteiger partial charge in [-0.05, 0) is 37.1 Å². The number of esters is 1. The van der Waals surface area contributed by atoms with E-state index in [0.717, 1.165) is 43.6 Å². The number of hydrogen-bond acceptors (Lipinski definition) is 6. The molecule has 0 aliphatic rings. The molecule has 0 atom stereocenters. The fourth-order valence-corrected chi connectivity index (χ4v) is 3.69. The summed E-state index contributed by atoms with van der Waals surface area (Å²) in [6.45, 7) is 5.58. The van der Waals surface area contributed by atoms with E-state index in [0.29, 0.717) is 16.6 Å². The lowest BCUT2D eigenvalue weighted by atomic mass is 10.1. The molecular weight excluding hydrogens is 384 g/mol. The SMILES string of the molecule is CCCCCCCCOc1ccc(-c2nnc(C(=O)OCCCCCC)s2)cc1. The lowest BCUT2D eigenvalue weighted by molar-refractivity contribution is 0.0496. The average molecular weight is 419 g/mol. The summed E-state index contributed by atoms with van der Waals surface area (Å²) in [6.07, 6.45) is 11.8. The van der Waals surface area contributed by atoms with Crippen LogP contribution in [-0.4, -0.2) is 29.4 Å². The molecule has 5 nitrogen and oxygen atoms in total. The molecule has 29 heavy (non-hydrogen) atoms. The van der Waals surface area contributed by atoms with E-state index in [4.69, 9.17) is 9.47 Å². The van der Waals surface area contributed by atoms with Gasteiger partial charge < -0.3 is 9.47 Å². The van der Waals surface area contributed by atoms with Crippen molar-refractivity contribution in [2.75, 3.05) is 13.2 Å². The number of benzene rings is 1. The molecule has 0 saturated carbocycles. The standard InChI is InChI=1S/C23H34N2O3S/c1-3-5-7-9-10-12-17-27-20-15-13-19(14-16-20)21-24-25-22(29-21)23(26)28-18-11-8-6-4-2/h13-16H,3-12,17-18H2,1-2H3. The molecule has 0 spiro atoms. The Morgan fingerprint density at radius 3 is 2.17 bits per heavy atom. The molecule has 0 unspecified atom stereocenters. The fraction of sp³-hybridized carbons (Fsp3) is 0.609. The van der Waals surface area contributed by atoms with E-state index in [2.05, 4.69) is 24.0 Å². The van der Waals surface area contributed by atoms with Crippen molar-refractivity contribution in [1.29, 1.82) is 0 Å². The maximum atomic E-state index is 12.1. The molecule has 0 fully saturated rings. The van der Waals surface area contributed by atoms with Crippen LogP contribution in [0.5, 0.6) is 5.75 Å². The molecule has 0 aliphatic heterocycles. The summed E-state index contributed by atoms with van der Waals surface area (Å²) in [4.78, 5) is 12.1. The molecule has 1 heterocycles. The topological polar surface area (TPSA) is 61.3 Å². The predicted molar refractivity (Wildman–Crippen MR) is 119 cm³/mol. The van der Waals surface area contributed by atoms with Crippen LogP contribution >= 0.6 is 11.3 Å². The Bertz CT molecular complexity index is 700. The van der Waals surface area contributed by atoms with Gasteiger partial charge >= 0.3 is 5.97 Å². The van der Waals surface area contributed by atoms with Crippen molar-refractivity contribution in [2.45, 2.75) is 78.1 Å². The third kappa shape index (κ3) is 8.94. The quantitative estimate of drug-likeness (QED) is 0.238. The molecule has 2 aromatic rings. The summed E-state index contributed by atoms with van der Waals surface area (Å²) in [5.41, 5.74) is 0.927. The minimum Gasteiger partial charge on any atom is -0.494 e. The first-order chi connectivity index (χ1) is 14.2. The number of hydrogen-bond donors (Lipinski definition) is 0. The van der Waals surface area contributed by atoms with Crippen LogP contribution in [0, 0.1) is 0 Å². The van der Waals surface area contributed by atoms with Crippen LogP contribution in [0.3, 0.4) is 0 Å². The summed E-state index contributed by atoms with van der Waals surface area (Å²) in [7, 11) is 0. The first kappa shape index (κ1) is 23.3. The van der Waals surface area contributed by atoms with E-state index in [1.54, 1.807) is 0 Å². The van der Waals surface area contributed by atoms with Crippen LogP contribution < -0.4 is 4.74 Å². The van der Waals surface area contributed by atoms with Gasteiger partial charge in [0.15, 0.2) is 0 Å². The molecule has 0 amide bonds. The van der Waals surface area contributed by atoms with Crippen LogP contribution in [-0.2, 0) is 4.74 Å². The van der Waals surface area contributed by atoms with Crippen LogP contribution in [0.1, 0.15) is 87.9 Å². The van der Waals surface area contributed by atoms with Crippen molar-refractivity contribution in [3.8, 4) is 16.3 Å². The number of nitrogens with zero attached hydrogens (tertiary/aromatic N) is 2. The lowest BCUT2D eigenvalue weighted by Crippen LogP contribution is -2.06. The highest BCUT2D eigenvalue weighted by Gasteiger charge is 2.15. The highest BCUT2D eigenvalue weighted by molar-refractivity contribution is 7.16. The number of carbonyl (C=O) groups excluding carboxylic acids is 1. The molecule has 1 aromatic heterocycles. The van der Waals surface area contributed by atoms with E-state index < -0.39 is 0 Å². The predicted octanol–water partition coefficient (Wildman–Crippen LogP) is 6.68. The smallest absolute Gasteiger partial charge is 0.369 e. The number of unbranched alkanes of at least 4 members (excludes halogenated alkanes) is 8. The minimum absolute atomic E-state index is 0.305. The number of aromatic nitrogens is 2. The highest BCUT2D eigenvalue weighted by atomic mass is 32.1. The van der Waals surface area contributed by atoms with Gasteiger partial charge in [0.1, 0.15) is 10.8 Å². The molecule has 6 heteroatoms. The molecule has 0 bridgehead atoms. The molecule has 0 N–H and O–H groups in total. The van der Waals surface area contributed by atoms with Gasteiger partial charge in [-0.1, -0.05) is 76.6 Å². The van der Waals surface area contributed by atoms with Gasteiger partial charge in [-0.25, -0.2) is 4.79 Å². The van der Waals surface area contributed by atoms with Crippen LogP contribution in [0.2, 0.25) is 0 Å². The molecule has 160 valence electrons. The Balaban J connectivity index is 1.73. The largest absolute Gasteiger partial charge is 0.494 e. The van der Waals surface area contributed by atoms with E-state index in [9.17, 15) is 4.79 Å². The summed E-state index contributed by atoms with van der Waals surface area (Å²) < 4.78 is 11.1. The zero-order valence-corrected chi connectivity index (χ0v) is 18.6. The highest BCUT2D eigenvalue weighted by Crippen LogP contribution is 2.26. The van der Waals surface area contributed by atoms with Gasteiger partial charge in [-0.3, -0.25) is 0 Å². The second-order valence-corrected chi connectivity index (χ2v) is 8.23. The maximum Gasteiger partial charge on any atom is 0.369 e. The van der Waals surface area contributed by atoms with Crippen molar-refractivity contribution in [2.24, 2.45) is 0 Å². The Labute approximate surface area is 178 Å². The molecule has 2 rings (SSSR count). The monoisotopic (exact) mass is 418 g/mol. The summed E-state index contributed by atoms with van der Waals surface area (Å²) in [6, 6.07) is 7.80. The second-order valence-electron chi connectivity index (χ2n) is 7.25. The Morgan fingerprint density at radius 1 is 0.828 bits per heavy atom. The summed E-state index contributed by atoms with van der Waals surface area (Å²) >= 11 is 1.26. The molecule has 1 aromatic carbocycles. The van der Waals surface area contributed by atoms with Gasteiger partial charge in [0, 0.05) is 5.56 Å². The van der Waals surface area contributed by atoms with Crippen LogP contribution in [0.25, 0.3) is 10.6 Å². The first-order valence-corrected chi connectivity index (χ1v) is 11.8. The van der Waals surface area contributed by atoms with Crippen molar-refractivity contribution >= 4 is 17.3 Å². The van der Waals surface area contributed by atoms with Crippen molar-refractivity contribution in [1.82, 2.24) is 10.2 Å². The van der Waals surface area contributed by atoms with Gasteiger partial charge in [0.05, 0.1) is 13.2 Å². The fourth-order valence-electron chi connectivity index (χ4n) is 2.94. The summed E-state index contributed by atoms with van der Waals surface area (Å²) in [5, 5.41) is 9.13. The molecular formula is C23H34N2O3S. The average Bonchev–Trinajstić information content (AvgIpc) is 3.24. The number of carbonyl (C=O) groups is 1. The Morgan fingerprint density at radius 2 is 1.45 bits per heavy atom. The third-order valence-electron chi connectivity index (χ3n) is 4.70. The second kappa shape index (κ2) is 14.1. The van der Waals surface area contributed by atoms with E-state index in [1.165, 1.54) is 49.9 Å². The van der Waals surface area contributed by atoms with E-state index in [1.807, 2.05) is 24.3 Å². The third-order valence-corrected chi connectivity index (χ3v) is 5.65. The van der Waals surface area contributed by atoms with Crippen molar-refractivity contribution in [3.63, 3.8) is 0 Å². The Kier molecular flexibility index (Phi) is 11.3. The first-order valence-electron chi connectivity index (χ1n) is 11.0. The van der Waals surface area contributed by atoms with Crippen molar-refractivity contribution in [3.05, 3.63) is 29.3 Å². The molecule has 0 aliphatic carbocycles. The van der Waals surface area contributed by atoms with E-state index >= 15 is 0 Å². The summed E-state index contributed by atoms with van der Waals surface area (Å²) in [5.74, 6) is 0.475. The zero-order chi connectivity index (χ0) is 20.7. The Hall–Kier alpha value is -1.95. The lowest BCUT2D eigenvalue weighted by Gasteiger charge is -2.06. The number of rotatable bonds is 15.